The topological polar surface area (TPSA) is 58.6 Å². The fourth-order valence-electron chi connectivity index (χ4n) is 1.24. The Balaban J connectivity index is 2.27. The fourth-order valence-corrected chi connectivity index (χ4v) is 2.31. The summed E-state index contributed by atoms with van der Waals surface area (Å²) < 4.78 is 4.76. The lowest BCUT2D eigenvalue weighted by Gasteiger charge is -2.10. The predicted molar refractivity (Wildman–Crippen MR) is 73.1 cm³/mol. The van der Waals surface area contributed by atoms with Gasteiger partial charge in [-0.25, -0.2) is 0 Å². The minimum atomic E-state index is -0.677. The first kappa shape index (κ1) is 15.3. The van der Waals surface area contributed by atoms with E-state index in [-0.39, 0.29) is 24.8 Å². The smallest absolute Gasteiger partial charge is 0.230 e. The molecule has 1 unspecified atom stereocenters. The van der Waals surface area contributed by atoms with Crippen molar-refractivity contribution in [3.63, 3.8) is 0 Å². The summed E-state index contributed by atoms with van der Waals surface area (Å²) in [6.45, 7) is 0.397. The zero-order chi connectivity index (χ0) is 13.4. The van der Waals surface area contributed by atoms with E-state index in [1.165, 1.54) is 18.9 Å². The molecule has 1 atom stereocenters. The Morgan fingerprint density at radius 3 is 2.94 bits per heavy atom. The summed E-state index contributed by atoms with van der Waals surface area (Å²) in [5.41, 5.74) is 0. The zero-order valence-electron chi connectivity index (χ0n) is 10.1. The number of amides is 1. The number of hydrogen-bond acceptors (Lipinski definition) is 4. The van der Waals surface area contributed by atoms with Gasteiger partial charge in [-0.3, -0.25) is 4.79 Å². The van der Waals surface area contributed by atoms with Crippen molar-refractivity contribution < 1.29 is 14.6 Å². The van der Waals surface area contributed by atoms with E-state index in [1.807, 2.05) is 18.2 Å². The molecule has 0 radical (unpaired) electrons. The summed E-state index contributed by atoms with van der Waals surface area (Å²) in [6, 6.07) is 7.35. The highest BCUT2D eigenvalue weighted by Gasteiger charge is 2.08. The third-order valence-corrected chi connectivity index (χ3v) is 3.60. The van der Waals surface area contributed by atoms with Crippen LogP contribution in [0, 0.1) is 0 Å². The molecule has 0 aliphatic carbocycles. The summed E-state index contributed by atoms with van der Waals surface area (Å²) in [5.74, 6) is 0.124. The van der Waals surface area contributed by atoms with Gasteiger partial charge >= 0.3 is 0 Å². The standard InChI is InChI=1S/C12H16ClNO3S/c1-17-7-9(15)6-14-12(16)8-18-11-5-3-2-4-10(11)13/h2-5,9,15H,6-8H2,1H3,(H,14,16). The largest absolute Gasteiger partial charge is 0.389 e. The Hall–Kier alpha value is -0.750. The molecule has 1 rings (SSSR count). The number of nitrogens with one attached hydrogen (secondary N) is 1. The third-order valence-electron chi connectivity index (χ3n) is 2.09. The number of hydrogen-bond donors (Lipinski definition) is 2. The average Bonchev–Trinajstić information content (AvgIpc) is 2.36. The highest BCUT2D eigenvalue weighted by Crippen LogP contribution is 2.26. The lowest BCUT2D eigenvalue weighted by Crippen LogP contribution is -2.35. The normalized spacial score (nSPS) is 12.2. The summed E-state index contributed by atoms with van der Waals surface area (Å²) in [6.07, 6.45) is -0.677. The molecule has 100 valence electrons. The van der Waals surface area contributed by atoms with Crippen molar-refractivity contribution in [1.29, 1.82) is 0 Å². The van der Waals surface area contributed by atoms with E-state index in [0.717, 1.165) is 4.90 Å². The van der Waals surface area contributed by atoms with Crippen molar-refractivity contribution >= 4 is 29.3 Å². The molecule has 0 saturated carbocycles. The highest BCUT2D eigenvalue weighted by molar-refractivity contribution is 8.00. The van der Waals surface area contributed by atoms with Gasteiger partial charge in [0.1, 0.15) is 0 Å². The molecule has 1 aromatic carbocycles. The molecule has 4 nitrogen and oxygen atoms in total. The molecule has 0 spiro atoms. The molecule has 18 heavy (non-hydrogen) atoms. The SMILES string of the molecule is COCC(O)CNC(=O)CSc1ccccc1Cl. The molecule has 6 heteroatoms. The van der Waals surface area contributed by atoms with Crippen molar-refractivity contribution in [2.45, 2.75) is 11.0 Å². The number of methoxy groups -OCH3 is 1. The third kappa shape index (κ3) is 5.73. The molecule has 1 amide bonds. The number of halogens is 1. The number of ether oxygens (including phenoxy) is 1. The van der Waals surface area contributed by atoms with Gasteiger partial charge in [-0.1, -0.05) is 23.7 Å². The highest BCUT2D eigenvalue weighted by atomic mass is 35.5. The van der Waals surface area contributed by atoms with Gasteiger partial charge in [0.15, 0.2) is 0 Å². The first-order valence-electron chi connectivity index (χ1n) is 5.44. The second kappa shape index (κ2) is 8.37. The van der Waals surface area contributed by atoms with Crippen molar-refractivity contribution in [3.05, 3.63) is 29.3 Å². The molecule has 0 aromatic heterocycles. The van der Waals surface area contributed by atoms with Crippen LogP contribution in [0.1, 0.15) is 0 Å². The van der Waals surface area contributed by atoms with E-state index >= 15 is 0 Å². The fraction of sp³-hybridized carbons (Fsp3) is 0.417. The number of rotatable bonds is 7. The van der Waals surface area contributed by atoms with Crippen LogP contribution in [-0.4, -0.2) is 43.1 Å². The average molecular weight is 290 g/mol. The molecule has 0 saturated heterocycles. The van der Waals surface area contributed by atoms with Crippen LogP contribution in [-0.2, 0) is 9.53 Å². The van der Waals surface area contributed by atoms with Crippen LogP contribution in [0.2, 0.25) is 5.02 Å². The number of aliphatic hydroxyl groups excluding tert-OH is 1. The molecule has 2 N–H and O–H groups in total. The monoisotopic (exact) mass is 289 g/mol. The van der Waals surface area contributed by atoms with Gasteiger partial charge < -0.3 is 15.2 Å². The van der Waals surface area contributed by atoms with E-state index in [0.29, 0.717) is 5.02 Å². The van der Waals surface area contributed by atoms with E-state index < -0.39 is 6.10 Å². The maximum absolute atomic E-state index is 11.5. The molecule has 0 fully saturated rings. The zero-order valence-corrected chi connectivity index (χ0v) is 11.6. The summed E-state index contributed by atoms with van der Waals surface area (Å²) in [5, 5.41) is 12.6. The molecule has 0 aliphatic heterocycles. The van der Waals surface area contributed by atoms with Gasteiger partial charge in [0, 0.05) is 18.6 Å². The number of carbonyl (C=O) groups excluding carboxylic acids is 1. The van der Waals surface area contributed by atoms with E-state index in [4.69, 9.17) is 16.3 Å². The van der Waals surface area contributed by atoms with Gasteiger partial charge in [0.2, 0.25) is 5.91 Å². The van der Waals surface area contributed by atoms with Crippen LogP contribution >= 0.6 is 23.4 Å². The van der Waals surface area contributed by atoms with Gasteiger partial charge in [0.25, 0.3) is 0 Å². The molecule has 1 aromatic rings. The minimum Gasteiger partial charge on any atom is -0.389 e. The van der Waals surface area contributed by atoms with Crippen LogP contribution in [0.4, 0.5) is 0 Å². The number of aliphatic hydroxyl groups is 1. The number of benzene rings is 1. The maximum Gasteiger partial charge on any atom is 0.230 e. The first-order chi connectivity index (χ1) is 8.63. The Bertz CT molecular complexity index is 389. The Labute approximate surface area is 116 Å². The molecular formula is C12H16ClNO3S. The first-order valence-corrected chi connectivity index (χ1v) is 6.81. The second-order valence-electron chi connectivity index (χ2n) is 3.63. The quantitative estimate of drug-likeness (QED) is 0.748. The molecule has 0 heterocycles. The van der Waals surface area contributed by atoms with Crippen molar-refractivity contribution in [1.82, 2.24) is 5.32 Å². The molecular weight excluding hydrogens is 274 g/mol. The molecule has 0 bridgehead atoms. The number of thioether (sulfide) groups is 1. The van der Waals surface area contributed by atoms with Gasteiger partial charge in [-0.15, -0.1) is 11.8 Å². The Morgan fingerprint density at radius 2 is 2.28 bits per heavy atom. The van der Waals surface area contributed by atoms with Gasteiger partial charge in [-0.05, 0) is 12.1 Å². The van der Waals surface area contributed by atoms with Crippen molar-refractivity contribution in [2.75, 3.05) is 26.0 Å². The lowest BCUT2D eigenvalue weighted by molar-refractivity contribution is -0.119. The van der Waals surface area contributed by atoms with Crippen LogP contribution in [0.3, 0.4) is 0 Å². The van der Waals surface area contributed by atoms with Crippen LogP contribution in [0.5, 0.6) is 0 Å². The number of carbonyl (C=O) groups is 1. The van der Waals surface area contributed by atoms with Crippen LogP contribution < -0.4 is 5.32 Å². The van der Waals surface area contributed by atoms with E-state index in [9.17, 15) is 9.90 Å². The Morgan fingerprint density at radius 1 is 1.56 bits per heavy atom. The van der Waals surface area contributed by atoms with Gasteiger partial charge in [-0.2, -0.15) is 0 Å². The van der Waals surface area contributed by atoms with Crippen LogP contribution in [0.25, 0.3) is 0 Å². The maximum atomic E-state index is 11.5. The minimum absolute atomic E-state index is 0.143. The summed E-state index contributed by atoms with van der Waals surface area (Å²) in [4.78, 5) is 12.4. The summed E-state index contributed by atoms with van der Waals surface area (Å²) in [7, 11) is 1.50. The van der Waals surface area contributed by atoms with Gasteiger partial charge in [0.05, 0.1) is 23.5 Å². The lowest BCUT2D eigenvalue weighted by atomic mass is 10.4. The molecule has 0 aliphatic rings. The Kier molecular flexibility index (Phi) is 7.12. The summed E-state index contributed by atoms with van der Waals surface area (Å²) >= 11 is 7.33. The van der Waals surface area contributed by atoms with Crippen LogP contribution in [0.15, 0.2) is 29.2 Å². The van der Waals surface area contributed by atoms with Crippen molar-refractivity contribution in [2.24, 2.45) is 0 Å². The van der Waals surface area contributed by atoms with E-state index in [2.05, 4.69) is 5.32 Å². The predicted octanol–water partition coefficient (Wildman–Crippen LogP) is 1.56. The van der Waals surface area contributed by atoms with E-state index in [1.54, 1.807) is 6.07 Å². The second-order valence-corrected chi connectivity index (χ2v) is 5.06. The van der Waals surface area contributed by atoms with Crippen molar-refractivity contribution in [3.8, 4) is 0 Å².